The summed E-state index contributed by atoms with van der Waals surface area (Å²) < 4.78 is 2.63. The third kappa shape index (κ3) is 3.59. The number of allylic oxidation sites excluding steroid dienone is 3. The summed E-state index contributed by atoms with van der Waals surface area (Å²) in [6.07, 6.45) is 5.62. The van der Waals surface area contributed by atoms with Crippen molar-refractivity contribution >= 4 is 42.3 Å². The number of rotatable bonds is 4. The highest BCUT2D eigenvalue weighted by Crippen LogP contribution is 2.40. The SMILES string of the molecule is N#CC(/C=C\N)=C/Cc1cccc(-c2ccc3sc4ccc5ccccc5c4c3c2)c1. The molecule has 4 aromatic carbocycles. The Hall–Kier alpha value is -3.87. The van der Waals surface area contributed by atoms with Crippen molar-refractivity contribution in [3.05, 3.63) is 108 Å². The minimum absolute atomic E-state index is 0.575. The maximum atomic E-state index is 9.19. The Morgan fingerprint density at radius 2 is 1.71 bits per heavy atom. The van der Waals surface area contributed by atoms with Crippen LogP contribution in [0.3, 0.4) is 0 Å². The zero-order chi connectivity index (χ0) is 21.2. The van der Waals surface area contributed by atoms with Crippen molar-refractivity contribution < 1.29 is 0 Å². The second-order valence-corrected chi connectivity index (χ2v) is 8.59. The predicted molar refractivity (Wildman–Crippen MR) is 133 cm³/mol. The maximum absolute atomic E-state index is 9.19. The minimum atomic E-state index is 0.575. The Kier molecular flexibility index (Phi) is 5.00. The van der Waals surface area contributed by atoms with Gasteiger partial charge >= 0.3 is 0 Å². The topological polar surface area (TPSA) is 49.8 Å². The zero-order valence-electron chi connectivity index (χ0n) is 16.9. The van der Waals surface area contributed by atoms with Crippen LogP contribution in [0.4, 0.5) is 0 Å². The van der Waals surface area contributed by atoms with Crippen LogP contribution >= 0.6 is 11.3 Å². The molecule has 0 amide bonds. The van der Waals surface area contributed by atoms with Gasteiger partial charge in [-0.3, -0.25) is 0 Å². The molecule has 0 spiro atoms. The summed E-state index contributed by atoms with van der Waals surface area (Å²) in [7, 11) is 0. The fourth-order valence-corrected chi connectivity index (χ4v) is 5.19. The molecule has 0 aliphatic heterocycles. The van der Waals surface area contributed by atoms with Crippen molar-refractivity contribution in [2.24, 2.45) is 5.73 Å². The van der Waals surface area contributed by atoms with E-state index >= 15 is 0 Å². The standard InChI is InChI=1S/C28H20N2S/c29-15-14-20(18-30)9-8-19-4-3-6-22(16-19)23-11-12-26-25(17-23)28-24-7-2-1-5-21(24)10-13-27(28)31-26/h1-7,9-17H,8,29H2/b15-14-,20-9+. The molecule has 3 heteroatoms. The van der Waals surface area contributed by atoms with Crippen LogP contribution in [0.2, 0.25) is 0 Å². The molecule has 0 bridgehead atoms. The average Bonchev–Trinajstić information content (AvgIpc) is 3.20. The molecule has 148 valence electrons. The van der Waals surface area contributed by atoms with E-state index in [1.807, 2.05) is 17.4 Å². The molecule has 2 nitrogen and oxygen atoms in total. The number of benzene rings is 4. The molecule has 0 unspecified atom stereocenters. The van der Waals surface area contributed by atoms with Crippen molar-refractivity contribution in [3.63, 3.8) is 0 Å². The van der Waals surface area contributed by atoms with Crippen molar-refractivity contribution in [2.45, 2.75) is 6.42 Å². The van der Waals surface area contributed by atoms with Crippen molar-refractivity contribution in [1.29, 1.82) is 5.26 Å². The van der Waals surface area contributed by atoms with Crippen LogP contribution in [0.15, 0.2) is 103 Å². The molecule has 0 aliphatic carbocycles. The van der Waals surface area contributed by atoms with E-state index in [4.69, 9.17) is 5.73 Å². The second kappa shape index (κ2) is 8.10. The molecule has 0 aliphatic rings. The van der Waals surface area contributed by atoms with Crippen LogP contribution in [0.5, 0.6) is 0 Å². The van der Waals surface area contributed by atoms with Crippen molar-refractivity contribution in [2.75, 3.05) is 0 Å². The van der Waals surface area contributed by atoms with Gasteiger partial charge in [0, 0.05) is 25.7 Å². The molecular weight excluding hydrogens is 396 g/mol. The fourth-order valence-electron chi connectivity index (χ4n) is 4.09. The molecule has 0 saturated carbocycles. The van der Waals surface area contributed by atoms with Crippen LogP contribution in [-0.4, -0.2) is 0 Å². The Bertz CT molecular complexity index is 1530. The van der Waals surface area contributed by atoms with E-state index in [2.05, 4.69) is 84.9 Å². The van der Waals surface area contributed by atoms with Crippen LogP contribution in [-0.2, 0) is 6.42 Å². The molecule has 0 radical (unpaired) electrons. The van der Waals surface area contributed by atoms with Gasteiger partial charge in [-0.2, -0.15) is 5.26 Å². The molecule has 0 fully saturated rings. The smallest absolute Gasteiger partial charge is 0.0988 e. The quantitative estimate of drug-likeness (QED) is 0.246. The summed E-state index contributed by atoms with van der Waals surface area (Å²) in [5.41, 5.74) is 9.53. The van der Waals surface area contributed by atoms with E-state index in [1.165, 1.54) is 48.3 Å². The Morgan fingerprint density at radius 1 is 0.871 bits per heavy atom. The van der Waals surface area contributed by atoms with E-state index in [9.17, 15) is 5.26 Å². The van der Waals surface area contributed by atoms with Crippen LogP contribution in [0, 0.1) is 11.3 Å². The van der Waals surface area contributed by atoms with Gasteiger partial charge in [-0.05, 0) is 64.4 Å². The number of fused-ring (bicyclic) bond motifs is 5. The van der Waals surface area contributed by atoms with Gasteiger partial charge in [0.25, 0.3) is 0 Å². The molecule has 1 heterocycles. The maximum Gasteiger partial charge on any atom is 0.0988 e. The summed E-state index contributed by atoms with van der Waals surface area (Å²) in [5.74, 6) is 0. The lowest BCUT2D eigenvalue weighted by Crippen LogP contribution is -1.86. The van der Waals surface area contributed by atoms with E-state index in [1.54, 1.807) is 6.08 Å². The first-order valence-electron chi connectivity index (χ1n) is 10.2. The highest BCUT2D eigenvalue weighted by molar-refractivity contribution is 7.26. The van der Waals surface area contributed by atoms with Gasteiger partial charge in [0.1, 0.15) is 0 Å². The van der Waals surface area contributed by atoms with E-state index in [0.29, 0.717) is 12.0 Å². The lowest BCUT2D eigenvalue weighted by atomic mass is 9.98. The van der Waals surface area contributed by atoms with Gasteiger partial charge in [-0.1, -0.05) is 66.7 Å². The van der Waals surface area contributed by atoms with E-state index in [0.717, 1.165) is 5.56 Å². The van der Waals surface area contributed by atoms with Gasteiger partial charge in [0.2, 0.25) is 0 Å². The third-order valence-electron chi connectivity index (χ3n) is 5.58. The summed E-state index contributed by atoms with van der Waals surface area (Å²) in [5, 5.41) is 14.4. The number of nitrogens with zero attached hydrogens (tertiary/aromatic N) is 1. The highest BCUT2D eigenvalue weighted by Gasteiger charge is 2.10. The van der Waals surface area contributed by atoms with Gasteiger partial charge in [-0.15, -0.1) is 11.3 Å². The molecule has 5 aromatic rings. The Labute approximate surface area is 185 Å². The normalized spacial score (nSPS) is 12.2. The molecule has 2 N–H and O–H groups in total. The van der Waals surface area contributed by atoms with Crippen molar-refractivity contribution in [1.82, 2.24) is 0 Å². The van der Waals surface area contributed by atoms with Crippen LogP contribution in [0.25, 0.3) is 42.1 Å². The first kappa shape index (κ1) is 19.1. The zero-order valence-corrected chi connectivity index (χ0v) is 17.7. The highest BCUT2D eigenvalue weighted by atomic mass is 32.1. The summed E-state index contributed by atoms with van der Waals surface area (Å²) in [4.78, 5) is 0. The number of nitrogens with two attached hydrogens (primary N) is 1. The molecule has 0 saturated heterocycles. The number of hydrogen-bond donors (Lipinski definition) is 1. The van der Waals surface area contributed by atoms with Gasteiger partial charge in [0.15, 0.2) is 0 Å². The number of nitriles is 1. The number of thiophene rings is 1. The average molecular weight is 417 g/mol. The molecule has 5 rings (SSSR count). The largest absolute Gasteiger partial charge is 0.405 e. The van der Waals surface area contributed by atoms with Crippen LogP contribution < -0.4 is 5.73 Å². The molecule has 0 atom stereocenters. The third-order valence-corrected chi connectivity index (χ3v) is 6.72. The first-order chi connectivity index (χ1) is 15.3. The lowest BCUT2D eigenvalue weighted by Gasteiger charge is -2.06. The van der Waals surface area contributed by atoms with E-state index in [-0.39, 0.29) is 0 Å². The number of hydrogen-bond acceptors (Lipinski definition) is 3. The molecule has 31 heavy (non-hydrogen) atoms. The van der Waals surface area contributed by atoms with Crippen LogP contribution in [0.1, 0.15) is 5.56 Å². The monoisotopic (exact) mass is 416 g/mol. The Balaban J connectivity index is 1.60. The Morgan fingerprint density at radius 3 is 2.58 bits per heavy atom. The summed E-state index contributed by atoms with van der Waals surface area (Å²) >= 11 is 1.85. The van der Waals surface area contributed by atoms with E-state index < -0.39 is 0 Å². The second-order valence-electron chi connectivity index (χ2n) is 7.51. The molecule has 1 aromatic heterocycles. The first-order valence-corrected chi connectivity index (χ1v) is 11.0. The summed E-state index contributed by atoms with van der Waals surface area (Å²) in [6.45, 7) is 0. The lowest BCUT2D eigenvalue weighted by molar-refractivity contribution is 1.25. The molecular formula is C28H20N2S. The minimum Gasteiger partial charge on any atom is -0.405 e. The van der Waals surface area contributed by atoms with Crippen molar-refractivity contribution in [3.8, 4) is 17.2 Å². The van der Waals surface area contributed by atoms with Gasteiger partial charge < -0.3 is 5.73 Å². The fraction of sp³-hybridized carbons (Fsp3) is 0.0357. The summed E-state index contributed by atoms with van der Waals surface area (Å²) in [6, 6.07) is 30.5. The predicted octanol–water partition coefficient (Wildman–Crippen LogP) is 7.34. The van der Waals surface area contributed by atoms with Gasteiger partial charge in [-0.25, -0.2) is 0 Å². The van der Waals surface area contributed by atoms with Gasteiger partial charge in [0.05, 0.1) is 6.07 Å².